The zero-order chi connectivity index (χ0) is 13.6. The second-order valence-corrected chi connectivity index (χ2v) is 5.01. The third-order valence-corrected chi connectivity index (χ3v) is 2.12. The second-order valence-electron chi connectivity index (χ2n) is 5.01. The van der Waals surface area contributed by atoms with Gasteiger partial charge in [-0.1, -0.05) is 36.4 Å². The van der Waals surface area contributed by atoms with Crippen molar-refractivity contribution in [2.75, 3.05) is 0 Å². The molecule has 98 valence electrons. The average Bonchev–Trinajstić information content (AvgIpc) is 2.27. The number of benzene rings is 1. The minimum Gasteiger partial charge on any atom is -0.540 e. The van der Waals surface area contributed by atoms with Crippen LogP contribution in [0.4, 0.5) is 4.79 Å². The third-order valence-electron chi connectivity index (χ3n) is 2.12. The Labute approximate surface area is 136 Å². The number of rotatable bonds is 4. The first kappa shape index (κ1) is 18.2. The van der Waals surface area contributed by atoms with Gasteiger partial charge in [-0.25, -0.2) is 11.1 Å². The molecule has 0 aliphatic rings. The van der Waals surface area contributed by atoms with Crippen LogP contribution < -0.4 is 34.9 Å². The molecular weight excluding hydrogens is 253 g/mol. The zero-order valence-electron chi connectivity index (χ0n) is 11.9. The fourth-order valence-electron chi connectivity index (χ4n) is 1.42. The van der Waals surface area contributed by atoms with Gasteiger partial charge >= 0.3 is 35.7 Å². The summed E-state index contributed by atoms with van der Waals surface area (Å²) in [5.74, 6) is 0. The predicted octanol–water partition coefficient (Wildman–Crippen LogP) is -0.764. The predicted molar refractivity (Wildman–Crippen MR) is 69.0 cm³/mol. The number of amides is 1. The van der Waals surface area contributed by atoms with Gasteiger partial charge in [0, 0.05) is 0 Å². The molecule has 19 heavy (non-hydrogen) atoms. The number of hydrogen-bond acceptors (Lipinski definition) is 3. The number of nitrogens with one attached hydrogen (secondary N) is 1. The van der Waals surface area contributed by atoms with Gasteiger partial charge in [-0.3, -0.25) is 0 Å². The van der Waals surface area contributed by atoms with E-state index in [1.165, 1.54) is 0 Å². The van der Waals surface area contributed by atoms with Crippen molar-refractivity contribution in [3.63, 3.8) is 0 Å². The van der Waals surface area contributed by atoms with E-state index in [0.29, 0.717) is 6.42 Å². The summed E-state index contributed by atoms with van der Waals surface area (Å²) in [6.07, 6.45) is 1.61. The molecule has 0 aromatic heterocycles. The molecule has 0 bridgehead atoms. The minimum absolute atomic E-state index is 0. The fraction of sp³-hybridized carbons (Fsp3) is 0.429. The largest absolute Gasteiger partial charge is 1.00 e. The van der Waals surface area contributed by atoms with E-state index in [9.17, 15) is 9.59 Å². The topological polar surface area (TPSA) is 55.4 Å². The van der Waals surface area contributed by atoms with E-state index in [0.717, 1.165) is 5.56 Å². The second kappa shape index (κ2) is 8.35. The van der Waals surface area contributed by atoms with Crippen molar-refractivity contribution in [1.29, 1.82) is 0 Å². The normalized spacial score (nSPS) is 11.9. The number of ether oxygens (including phenoxy) is 1. The molecule has 1 amide bonds. The van der Waals surface area contributed by atoms with E-state index in [1.54, 1.807) is 27.1 Å². The summed E-state index contributed by atoms with van der Waals surface area (Å²) in [6, 6.07) is 8.74. The maximum Gasteiger partial charge on any atom is 1.00 e. The molecule has 0 saturated heterocycles. The Morgan fingerprint density at radius 1 is 1.32 bits per heavy atom. The molecule has 4 nitrogen and oxygen atoms in total. The number of carbonyl (C=O) groups excluding carboxylic acids is 2. The molecule has 1 atom stereocenters. The van der Waals surface area contributed by atoms with Gasteiger partial charge in [-0.05, 0) is 32.8 Å². The smallest absolute Gasteiger partial charge is 0.540 e. The molecular formula is C14H18NNaO3. The van der Waals surface area contributed by atoms with Crippen LogP contribution in [0.5, 0.6) is 0 Å². The van der Waals surface area contributed by atoms with Crippen molar-refractivity contribution in [2.24, 2.45) is 0 Å². The van der Waals surface area contributed by atoms with Gasteiger partial charge in [0.25, 0.3) is 0 Å². The average molecular weight is 271 g/mol. The summed E-state index contributed by atoms with van der Waals surface area (Å²) >= 11 is 0. The molecule has 1 aromatic rings. The third kappa shape index (κ3) is 8.03. The van der Waals surface area contributed by atoms with Gasteiger partial charge in [0.05, 0.1) is 0 Å². The van der Waals surface area contributed by atoms with Crippen molar-refractivity contribution in [2.45, 2.75) is 38.8 Å². The molecule has 1 rings (SSSR count). The van der Waals surface area contributed by atoms with Crippen LogP contribution in [0.1, 0.15) is 26.3 Å². The molecule has 0 radical (unpaired) electrons. The monoisotopic (exact) mass is 271 g/mol. The Morgan fingerprint density at radius 3 is 2.37 bits per heavy atom. The van der Waals surface area contributed by atoms with E-state index < -0.39 is 17.7 Å². The Bertz CT molecular complexity index is 401. The summed E-state index contributed by atoms with van der Waals surface area (Å²) < 4.78 is 5.08. The van der Waals surface area contributed by atoms with Gasteiger partial charge in [0.1, 0.15) is 5.60 Å². The number of alkyl carbamates (subject to hydrolysis) is 1. The van der Waals surface area contributed by atoms with E-state index in [1.807, 2.05) is 30.3 Å². The van der Waals surface area contributed by atoms with Crippen molar-refractivity contribution in [3.05, 3.63) is 35.9 Å². The molecule has 5 heteroatoms. The van der Waals surface area contributed by atoms with Crippen molar-refractivity contribution in [1.82, 2.24) is 5.32 Å². The van der Waals surface area contributed by atoms with Crippen LogP contribution >= 0.6 is 0 Å². The van der Waals surface area contributed by atoms with Crippen LogP contribution in [0.25, 0.3) is 0 Å². The Kier molecular flexibility index (Phi) is 7.99. The van der Waals surface area contributed by atoms with Gasteiger partial charge in [0.2, 0.25) is 0 Å². The van der Waals surface area contributed by atoms with Crippen LogP contribution in [0.15, 0.2) is 30.3 Å². The number of hydrogen-bond donors (Lipinski definition) is 1. The van der Waals surface area contributed by atoms with E-state index in [-0.39, 0.29) is 29.6 Å². The standard InChI is InChI=1S/C14H18NO3.Na/c1-14(2,3)18-13(17)15-12(10-16)9-11-7-5-4-6-8-11;/h4-8,12H,9H2,1-3H3,(H,15,17);/q-1;+1/t12-;/m0./s1. The maximum atomic E-state index is 11.5. The van der Waals surface area contributed by atoms with Gasteiger partial charge in [0.15, 0.2) is 0 Å². The van der Waals surface area contributed by atoms with Crippen LogP contribution in [-0.4, -0.2) is 24.0 Å². The zero-order valence-corrected chi connectivity index (χ0v) is 13.9. The molecule has 0 unspecified atom stereocenters. The Balaban J connectivity index is 0.00000324. The molecule has 0 fully saturated rings. The van der Waals surface area contributed by atoms with Crippen molar-refractivity contribution in [3.8, 4) is 0 Å². The van der Waals surface area contributed by atoms with Gasteiger partial charge in [-0.2, -0.15) is 0 Å². The Hall–Kier alpha value is -0.840. The van der Waals surface area contributed by atoms with Crippen LogP contribution in [0.3, 0.4) is 0 Å². The van der Waals surface area contributed by atoms with Crippen LogP contribution in [-0.2, 0) is 16.0 Å². The first-order chi connectivity index (χ1) is 8.40. The van der Waals surface area contributed by atoms with E-state index in [2.05, 4.69) is 5.32 Å². The molecule has 0 heterocycles. The maximum absolute atomic E-state index is 11.5. The van der Waals surface area contributed by atoms with E-state index in [4.69, 9.17) is 4.74 Å². The van der Waals surface area contributed by atoms with E-state index >= 15 is 0 Å². The summed E-state index contributed by atoms with van der Waals surface area (Å²) in [6.45, 7) is 5.30. The molecule has 0 saturated carbocycles. The number of carbonyl (C=O) groups is 1. The van der Waals surface area contributed by atoms with Crippen LogP contribution in [0.2, 0.25) is 0 Å². The summed E-state index contributed by atoms with van der Waals surface area (Å²) in [7, 11) is 0. The summed E-state index contributed by atoms with van der Waals surface area (Å²) in [5.41, 5.74) is 0.381. The molecule has 0 aliphatic carbocycles. The summed E-state index contributed by atoms with van der Waals surface area (Å²) in [5, 5.41) is 2.49. The van der Waals surface area contributed by atoms with Crippen molar-refractivity contribution < 1.29 is 43.9 Å². The SMILES string of the molecule is CC(C)(C)OC(=O)N[C@H]([C-]=O)Cc1ccccc1.[Na+]. The molecule has 1 aromatic carbocycles. The first-order valence-electron chi connectivity index (χ1n) is 5.82. The first-order valence-corrected chi connectivity index (χ1v) is 5.82. The van der Waals surface area contributed by atoms with Gasteiger partial charge in [-0.15, -0.1) is 0 Å². The summed E-state index contributed by atoms with van der Waals surface area (Å²) in [4.78, 5) is 22.3. The molecule has 0 spiro atoms. The molecule has 1 N–H and O–H groups in total. The van der Waals surface area contributed by atoms with Crippen LogP contribution in [0, 0.1) is 0 Å². The Morgan fingerprint density at radius 2 is 1.89 bits per heavy atom. The quantitative estimate of drug-likeness (QED) is 0.578. The van der Waals surface area contributed by atoms with Gasteiger partial charge < -0.3 is 14.8 Å². The van der Waals surface area contributed by atoms with Crippen molar-refractivity contribution >= 4 is 12.4 Å². The minimum atomic E-state index is -0.692. The molecule has 0 aliphatic heterocycles. The fourth-order valence-corrected chi connectivity index (χ4v) is 1.42.